The van der Waals surface area contributed by atoms with Crippen LogP contribution in [0.15, 0.2) is 18.2 Å². The second-order valence-electron chi connectivity index (χ2n) is 4.23. The highest BCUT2D eigenvalue weighted by Gasteiger charge is 2.36. The monoisotopic (exact) mass is 223 g/mol. The highest BCUT2D eigenvalue weighted by atomic mass is 19.1. The Morgan fingerprint density at radius 1 is 1.50 bits per heavy atom. The van der Waals surface area contributed by atoms with Gasteiger partial charge >= 0.3 is 5.97 Å². The largest absolute Gasteiger partial charge is 0.481 e. The summed E-state index contributed by atoms with van der Waals surface area (Å²) in [5, 5.41) is 12.1. The number of halogens is 1. The van der Waals surface area contributed by atoms with Gasteiger partial charge in [-0.25, -0.2) is 4.39 Å². The van der Waals surface area contributed by atoms with Crippen LogP contribution in [-0.4, -0.2) is 17.1 Å². The van der Waals surface area contributed by atoms with Crippen LogP contribution in [-0.2, 0) is 4.79 Å². The molecular weight excluding hydrogens is 209 g/mol. The highest BCUT2D eigenvalue weighted by molar-refractivity contribution is 5.73. The molecule has 0 spiro atoms. The number of carboxylic acids is 1. The molecule has 3 nitrogen and oxygen atoms in total. The highest BCUT2D eigenvalue weighted by Crippen LogP contribution is 2.31. The molecule has 0 amide bonds. The fraction of sp³-hybridized carbons (Fsp3) is 0.417. The number of carboxylic acid groups (broad SMARTS) is 1. The van der Waals surface area contributed by atoms with Crippen molar-refractivity contribution >= 4 is 11.7 Å². The number of hydrogen-bond donors (Lipinski definition) is 2. The summed E-state index contributed by atoms with van der Waals surface area (Å²) in [5.41, 5.74) is 1.62. The summed E-state index contributed by atoms with van der Waals surface area (Å²) < 4.78 is 12.9. The predicted molar refractivity (Wildman–Crippen MR) is 58.9 cm³/mol. The van der Waals surface area contributed by atoms with Crippen molar-refractivity contribution in [3.8, 4) is 0 Å². The van der Waals surface area contributed by atoms with Crippen molar-refractivity contribution < 1.29 is 14.3 Å². The molecule has 2 atom stereocenters. The van der Waals surface area contributed by atoms with Crippen LogP contribution < -0.4 is 5.32 Å². The van der Waals surface area contributed by atoms with Crippen molar-refractivity contribution in [2.75, 3.05) is 5.32 Å². The maximum Gasteiger partial charge on any atom is 0.308 e. The third kappa shape index (κ3) is 2.01. The molecule has 0 aromatic heterocycles. The molecule has 0 heterocycles. The standard InChI is InChI=1S/C12H14FNO2/c1-7-6-8(13)2-4-10(7)14-11-5-3-9(11)12(15)16/h2,4,6,9,11,14H,3,5H2,1H3,(H,15,16). The predicted octanol–water partition coefficient (Wildman–Crippen LogP) is 2.41. The van der Waals surface area contributed by atoms with Gasteiger partial charge in [-0.1, -0.05) is 0 Å². The molecule has 1 aromatic rings. The Morgan fingerprint density at radius 3 is 2.75 bits per heavy atom. The SMILES string of the molecule is Cc1cc(F)ccc1NC1CCC1C(=O)O. The third-order valence-electron chi connectivity index (χ3n) is 3.12. The van der Waals surface area contributed by atoms with E-state index in [2.05, 4.69) is 5.32 Å². The molecule has 2 unspecified atom stereocenters. The summed E-state index contributed by atoms with van der Waals surface area (Å²) >= 11 is 0. The first-order valence-corrected chi connectivity index (χ1v) is 5.33. The van der Waals surface area contributed by atoms with E-state index >= 15 is 0 Å². The van der Waals surface area contributed by atoms with Crippen LogP contribution in [0.5, 0.6) is 0 Å². The molecule has 1 aliphatic carbocycles. The third-order valence-corrected chi connectivity index (χ3v) is 3.12. The fourth-order valence-electron chi connectivity index (χ4n) is 1.96. The second-order valence-corrected chi connectivity index (χ2v) is 4.23. The van der Waals surface area contributed by atoms with Gasteiger partial charge in [-0.05, 0) is 43.5 Å². The average Bonchev–Trinajstić information content (AvgIpc) is 2.13. The minimum Gasteiger partial charge on any atom is -0.481 e. The molecule has 1 fully saturated rings. The van der Waals surface area contributed by atoms with Crippen LogP contribution in [0.2, 0.25) is 0 Å². The quantitative estimate of drug-likeness (QED) is 0.827. The molecule has 0 radical (unpaired) electrons. The van der Waals surface area contributed by atoms with Gasteiger partial charge in [0.2, 0.25) is 0 Å². The first-order valence-electron chi connectivity index (χ1n) is 5.33. The normalized spacial score (nSPS) is 23.6. The lowest BCUT2D eigenvalue weighted by atomic mass is 9.79. The van der Waals surface area contributed by atoms with E-state index in [1.807, 2.05) is 0 Å². The lowest BCUT2D eigenvalue weighted by Gasteiger charge is -2.35. The van der Waals surface area contributed by atoms with Gasteiger partial charge in [0.25, 0.3) is 0 Å². The molecule has 1 aliphatic rings. The van der Waals surface area contributed by atoms with E-state index in [1.165, 1.54) is 12.1 Å². The smallest absolute Gasteiger partial charge is 0.308 e. The Morgan fingerprint density at radius 2 is 2.25 bits per heavy atom. The van der Waals surface area contributed by atoms with Gasteiger partial charge in [-0.15, -0.1) is 0 Å². The summed E-state index contributed by atoms with van der Waals surface area (Å²) in [6, 6.07) is 4.45. The minimum absolute atomic E-state index is 0.0262. The summed E-state index contributed by atoms with van der Waals surface area (Å²) in [7, 11) is 0. The van der Waals surface area contributed by atoms with Crippen molar-refractivity contribution in [3.05, 3.63) is 29.6 Å². The van der Waals surface area contributed by atoms with Crippen LogP contribution in [0.3, 0.4) is 0 Å². The molecule has 2 rings (SSSR count). The summed E-state index contributed by atoms with van der Waals surface area (Å²) in [5.74, 6) is -1.35. The van der Waals surface area contributed by atoms with Crippen molar-refractivity contribution in [1.29, 1.82) is 0 Å². The first kappa shape index (κ1) is 10.9. The lowest BCUT2D eigenvalue weighted by Crippen LogP contribution is -2.43. The zero-order chi connectivity index (χ0) is 11.7. The summed E-state index contributed by atoms with van der Waals surface area (Å²) in [6.07, 6.45) is 1.57. The first-order chi connectivity index (χ1) is 7.58. The molecule has 0 aliphatic heterocycles. The van der Waals surface area contributed by atoms with Gasteiger partial charge in [-0.3, -0.25) is 4.79 Å². The Bertz CT molecular complexity index is 419. The summed E-state index contributed by atoms with van der Waals surface area (Å²) in [6.45, 7) is 1.81. The number of hydrogen-bond acceptors (Lipinski definition) is 2. The van der Waals surface area contributed by atoms with Crippen molar-refractivity contribution in [2.24, 2.45) is 5.92 Å². The van der Waals surface area contributed by atoms with E-state index in [-0.39, 0.29) is 17.8 Å². The molecule has 1 aromatic carbocycles. The molecule has 86 valence electrons. The van der Waals surface area contributed by atoms with Crippen molar-refractivity contribution in [1.82, 2.24) is 0 Å². The molecule has 0 bridgehead atoms. The van der Waals surface area contributed by atoms with Gasteiger partial charge in [0.05, 0.1) is 5.92 Å². The molecule has 2 N–H and O–H groups in total. The fourth-order valence-corrected chi connectivity index (χ4v) is 1.96. The van der Waals surface area contributed by atoms with E-state index in [0.29, 0.717) is 6.42 Å². The van der Waals surface area contributed by atoms with E-state index in [1.54, 1.807) is 13.0 Å². The second kappa shape index (κ2) is 4.12. The Balaban J connectivity index is 2.07. The molecule has 1 saturated carbocycles. The van der Waals surface area contributed by atoms with Crippen LogP contribution in [0.1, 0.15) is 18.4 Å². The number of benzene rings is 1. The number of anilines is 1. The molecule has 0 saturated heterocycles. The zero-order valence-corrected chi connectivity index (χ0v) is 9.03. The Labute approximate surface area is 93.3 Å². The molecular formula is C12H14FNO2. The van der Waals surface area contributed by atoms with Crippen molar-refractivity contribution in [2.45, 2.75) is 25.8 Å². The Hall–Kier alpha value is -1.58. The number of nitrogens with one attached hydrogen (secondary N) is 1. The van der Waals surface area contributed by atoms with Gasteiger partial charge in [-0.2, -0.15) is 0 Å². The Kier molecular flexibility index (Phi) is 2.81. The molecule has 4 heteroatoms. The van der Waals surface area contributed by atoms with Gasteiger partial charge < -0.3 is 10.4 Å². The van der Waals surface area contributed by atoms with Gasteiger partial charge in [0.15, 0.2) is 0 Å². The number of aliphatic carboxylic acids is 1. The van der Waals surface area contributed by atoms with E-state index in [4.69, 9.17) is 5.11 Å². The van der Waals surface area contributed by atoms with E-state index < -0.39 is 5.97 Å². The van der Waals surface area contributed by atoms with E-state index in [9.17, 15) is 9.18 Å². The number of aryl methyl sites for hydroxylation is 1. The summed E-state index contributed by atoms with van der Waals surface area (Å²) in [4.78, 5) is 10.8. The van der Waals surface area contributed by atoms with E-state index in [0.717, 1.165) is 17.7 Å². The van der Waals surface area contributed by atoms with Gasteiger partial charge in [0, 0.05) is 11.7 Å². The van der Waals surface area contributed by atoms with Crippen LogP contribution >= 0.6 is 0 Å². The topological polar surface area (TPSA) is 49.3 Å². The average molecular weight is 223 g/mol. The minimum atomic E-state index is -0.761. The van der Waals surface area contributed by atoms with Gasteiger partial charge in [0.1, 0.15) is 5.82 Å². The maximum atomic E-state index is 12.9. The number of carbonyl (C=O) groups is 1. The number of rotatable bonds is 3. The van der Waals surface area contributed by atoms with Crippen LogP contribution in [0.4, 0.5) is 10.1 Å². The lowest BCUT2D eigenvalue weighted by molar-refractivity contribution is -0.144. The maximum absolute atomic E-state index is 12.9. The zero-order valence-electron chi connectivity index (χ0n) is 9.03. The van der Waals surface area contributed by atoms with Crippen LogP contribution in [0, 0.1) is 18.7 Å². The van der Waals surface area contributed by atoms with Crippen molar-refractivity contribution in [3.63, 3.8) is 0 Å². The molecule has 16 heavy (non-hydrogen) atoms. The van der Waals surface area contributed by atoms with Crippen LogP contribution in [0.25, 0.3) is 0 Å².